The Morgan fingerprint density at radius 3 is 2.12 bits per heavy atom. The molecule has 4 N–H and O–H groups in total. The van der Waals surface area contributed by atoms with Crippen molar-refractivity contribution in [2.24, 2.45) is 0 Å². The zero-order chi connectivity index (χ0) is 17.9. The molecule has 8 heteroatoms. The molecule has 24 heavy (non-hydrogen) atoms. The van der Waals surface area contributed by atoms with Crippen LogP contribution in [0.3, 0.4) is 0 Å². The SMILES string of the molecule is O=C(O)CCCCCCCCC(=O)O[C@H](CO)[C@H]1OC[C@H](O)[C@H]1O. The van der Waals surface area contributed by atoms with Gasteiger partial charge in [0.1, 0.15) is 18.3 Å². The lowest BCUT2D eigenvalue weighted by molar-refractivity contribution is -0.162. The van der Waals surface area contributed by atoms with E-state index < -0.39 is 43.0 Å². The quantitative estimate of drug-likeness (QED) is 0.291. The Balaban J connectivity index is 2.11. The van der Waals surface area contributed by atoms with E-state index in [1.165, 1.54) is 0 Å². The molecule has 0 aromatic heterocycles. The molecule has 0 amide bonds. The fourth-order valence-electron chi connectivity index (χ4n) is 2.64. The minimum Gasteiger partial charge on any atom is -0.481 e. The fourth-order valence-corrected chi connectivity index (χ4v) is 2.64. The smallest absolute Gasteiger partial charge is 0.306 e. The topological polar surface area (TPSA) is 134 Å². The van der Waals surface area contributed by atoms with E-state index in [-0.39, 0.29) is 19.4 Å². The largest absolute Gasteiger partial charge is 0.481 e. The van der Waals surface area contributed by atoms with E-state index in [2.05, 4.69) is 0 Å². The zero-order valence-electron chi connectivity index (χ0n) is 13.8. The Bertz CT molecular complexity index is 386. The van der Waals surface area contributed by atoms with Gasteiger partial charge in [-0.3, -0.25) is 9.59 Å². The molecule has 0 unspecified atom stereocenters. The third-order valence-electron chi connectivity index (χ3n) is 4.04. The number of carbonyl (C=O) groups excluding carboxylic acids is 1. The summed E-state index contributed by atoms with van der Waals surface area (Å²) in [6.07, 6.45) is 1.16. The lowest BCUT2D eigenvalue weighted by Gasteiger charge is -2.24. The van der Waals surface area contributed by atoms with Gasteiger partial charge in [0, 0.05) is 12.8 Å². The van der Waals surface area contributed by atoms with Crippen LogP contribution in [0.5, 0.6) is 0 Å². The van der Waals surface area contributed by atoms with Gasteiger partial charge in [-0.1, -0.05) is 25.7 Å². The number of carboxylic acid groups (broad SMARTS) is 1. The van der Waals surface area contributed by atoms with Gasteiger partial charge in [-0.2, -0.15) is 0 Å². The molecule has 0 saturated carbocycles. The maximum Gasteiger partial charge on any atom is 0.306 e. The van der Waals surface area contributed by atoms with Crippen LogP contribution in [0.15, 0.2) is 0 Å². The third-order valence-corrected chi connectivity index (χ3v) is 4.04. The van der Waals surface area contributed by atoms with Gasteiger partial charge in [0.15, 0.2) is 6.10 Å². The molecule has 0 radical (unpaired) electrons. The predicted molar refractivity (Wildman–Crippen MR) is 83.3 cm³/mol. The lowest BCUT2D eigenvalue weighted by atomic mass is 10.1. The predicted octanol–water partition coefficient (Wildman–Crippen LogP) is 0.216. The van der Waals surface area contributed by atoms with Gasteiger partial charge < -0.3 is 29.9 Å². The third kappa shape index (κ3) is 7.57. The Morgan fingerprint density at radius 2 is 1.62 bits per heavy atom. The first-order valence-corrected chi connectivity index (χ1v) is 8.45. The average molecular weight is 348 g/mol. The molecule has 1 saturated heterocycles. The number of carboxylic acids is 1. The number of unbranched alkanes of at least 4 members (excludes halogenated alkanes) is 5. The zero-order valence-corrected chi connectivity index (χ0v) is 13.8. The molecule has 1 rings (SSSR count). The summed E-state index contributed by atoms with van der Waals surface area (Å²) in [5.74, 6) is -1.25. The molecule has 1 aliphatic rings. The second-order valence-corrected chi connectivity index (χ2v) is 6.08. The lowest BCUT2D eigenvalue weighted by Crippen LogP contribution is -2.43. The van der Waals surface area contributed by atoms with Crippen LogP contribution in [0.25, 0.3) is 0 Å². The summed E-state index contributed by atoms with van der Waals surface area (Å²) in [7, 11) is 0. The molecule has 0 spiro atoms. The van der Waals surface area contributed by atoms with Gasteiger partial charge in [0.05, 0.1) is 13.2 Å². The van der Waals surface area contributed by atoms with Crippen molar-refractivity contribution in [2.75, 3.05) is 13.2 Å². The Hall–Kier alpha value is -1.22. The van der Waals surface area contributed by atoms with Gasteiger partial charge in [0.25, 0.3) is 0 Å². The van der Waals surface area contributed by atoms with Crippen molar-refractivity contribution in [3.05, 3.63) is 0 Å². The molecule has 0 aromatic carbocycles. The van der Waals surface area contributed by atoms with Gasteiger partial charge in [-0.25, -0.2) is 0 Å². The molecule has 0 aliphatic carbocycles. The van der Waals surface area contributed by atoms with Crippen molar-refractivity contribution < 1.29 is 39.5 Å². The summed E-state index contributed by atoms with van der Waals surface area (Å²) in [6.45, 7) is -0.536. The standard InChI is InChI=1S/C16H28O8/c17-9-12(16-15(22)11(18)10-23-16)24-14(21)8-6-4-2-1-3-5-7-13(19)20/h11-12,15-18,22H,1-10H2,(H,19,20)/t11-,12+,15+,16+/m0/s1. The van der Waals surface area contributed by atoms with E-state index >= 15 is 0 Å². The maximum absolute atomic E-state index is 11.8. The van der Waals surface area contributed by atoms with E-state index in [9.17, 15) is 24.9 Å². The number of aliphatic carboxylic acids is 1. The van der Waals surface area contributed by atoms with Crippen LogP contribution in [-0.4, -0.2) is 70.0 Å². The van der Waals surface area contributed by atoms with Crippen LogP contribution in [0.2, 0.25) is 0 Å². The minimum absolute atomic E-state index is 0.0538. The highest BCUT2D eigenvalue weighted by Gasteiger charge is 2.41. The van der Waals surface area contributed by atoms with Crippen molar-refractivity contribution >= 4 is 11.9 Å². The second kappa shape index (κ2) is 11.4. The summed E-state index contributed by atoms with van der Waals surface area (Å²) in [5.41, 5.74) is 0. The molecule has 1 fully saturated rings. The van der Waals surface area contributed by atoms with Crippen molar-refractivity contribution in [2.45, 2.75) is 75.8 Å². The molecule has 140 valence electrons. The Labute approximate surface area is 141 Å². The molecule has 4 atom stereocenters. The van der Waals surface area contributed by atoms with Crippen molar-refractivity contribution in [1.29, 1.82) is 0 Å². The maximum atomic E-state index is 11.8. The normalized spacial score (nSPS) is 24.7. The van der Waals surface area contributed by atoms with E-state index in [0.717, 1.165) is 25.7 Å². The molecule has 0 aromatic rings. The first kappa shape index (κ1) is 20.8. The van der Waals surface area contributed by atoms with Gasteiger partial charge >= 0.3 is 11.9 Å². The fraction of sp³-hybridized carbons (Fsp3) is 0.875. The van der Waals surface area contributed by atoms with E-state index in [1.54, 1.807) is 0 Å². The minimum atomic E-state index is -1.18. The molecule has 1 heterocycles. The number of esters is 1. The Kier molecular flexibility index (Phi) is 9.85. The van der Waals surface area contributed by atoms with Crippen molar-refractivity contribution in [1.82, 2.24) is 0 Å². The number of aliphatic hydroxyl groups excluding tert-OH is 3. The summed E-state index contributed by atoms with van der Waals surface area (Å²) < 4.78 is 10.3. The van der Waals surface area contributed by atoms with Gasteiger partial charge in [0.2, 0.25) is 0 Å². The van der Waals surface area contributed by atoms with E-state index in [4.69, 9.17) is 14.6 Å². The number of hydrogen-bond acceptors (Lipinski definition) is 7. The monoisotopic (exact) mass is 348 g/mol. The summed E-state index contributed by atoms with van der Waals surface area (Å²) in [4.78, 5) is 22.1. The van der Waals surface area contributed by atoms with Crippen LogP contribution < -0.4 is 0 Å². The highest BCUT2D eigenvalue weighted by atomic mass is 16.6. The summed E-state index contributed by atoms with van der Waals surface area (Å²) in [6, 6.07) is 0. The number of carbonyl (C=O) groups is 2. The Morgan fingerprint density at radius 1 is 1.04 bits per heavy atom. The molecular weight excluding hydrogens is 320 g/mol. The number of rotatable bonds is 12. The van der Waals surface area contributed by atoms with Gasteiger partial charge in [-0.05, 0) is 12.8 Å². The first-order valence-electron chi connectivity index (χ1n) is 8.45. The van der Waals surface area contributed by atoms with Gasteiger partial charge in [-0.15, -0.1) is 0 Å². The van der Waals surface area contributed by atoms with E-state index in [1.807, 2.05) is 0 Å². The van der Waals surface area contributed by atoms with Crippen LogP contribution >= 0.6 is 0 Å². The summed E-state index contributed by atoms with van der Waals surface area (Å²) >= 11 is 0. The number of ether oxygens (including phenoxy) is 2. The highest BCUT2D eigenvalue weighted by Crippen LogP contribution is 2.20. The van der Waals surface area contributed by atoms with Crippen molar-refractivity contribution in [3.8, 4) is 0 Å². The van der Waals surface area contributed by atoms with E-state index in [0.29, 0.717) is 12.8 Å². The molecular formula is C16H28O8. The highest BCUT2D eigenvalue weighted by molar-refractivity contribution is 5.69. The number of hydrogen-bond donors (Lipinski definition) is 4. The first-order chi connectivity index (χ1) is 11.5. The van der Waals surface area contributed by atoms with Crippen LogP contribution in [-0.2, 0) is 19.1 Å². The second-order valence-electron chi connectivity index (χ2n) is 6.08. The van der Waals surface area contributed by atoms with Crippen molar-refractivity contribution in [3.63, 3.8) is 0 Å². The number of aliphatic hydroxyl groups is 3. The molecule has 1 aliphatic heterocycles. The average Bonchev–Trinajstić information content (AvgIpc) is 2.87. The van der Waals surface area contributed by atoms with Crippen LogP contribution in [0.4, 0.5) is 0 Å². The molecule has 8 nitrogen and oxygen atoms in total. The summed E-state index contributed by atoms with van der Waals surface area (Å²) in [5, 5.41) is 36.9. The van der Waals surface area contributed by atoms with Crippen LogP contribution in [0, 0.1) is 0 Å². The van der Waals surface area contributed by atoms with Crippen LogP contribution in [0.1, 0.15) is 51.4 Å². The molecule has 0 bridgehead atoms.